The Morgan fingerprint density at radius 3 is 2.78 bits per heavy atom. The van der Waals surface area contributed by atoms with Crippen molar-refractivity contribution in [2.45, 2.75) is 52.1 Å². The van der Waals surface area contributed by atoms with Gasteiger partial charge >= 0.3 is 0 Å². The molecule has 1 aromatic rings. The van der Waals surface area contributed by atoms with Crippen molar-refractivity contribution in [2.24, 2.45) is 5.92 Å². The molecule has 1 aliphatic carbocycles. The van der Waals surface area contributed by atoms with Crippen LogP contribution in [0.2, 0.25) is 0 Å². The highest BCUT2D eigenvalue weighted by atomic mass is 16.5. The number of hydrogen-bond donors (Lipinski definition) is 1. The minimum Gasteiger partial charge on any atom is -0.493 e. The summed E-state index contributed by atoms with van der Waals surface area (Å²) < 4.78 is 7.54. The SMILES string of the molecule is CCn1ncc(OC)c1C1CCC1CNC(C)C. The molecule has 18 heavy (non-hydrogen) atoms. The van der Waals surface area contributed by atoms with Crippen LogP contribution in [0.3, 0.4) is 0 Å². The second kappa shape index (κ2) is 5.74. The smallest absolute Gasteiger partial charge is 0.160 e. The van der Waals surface area contributed by atoms with Crippen LogP contribution in [0.25, 0.3) is 0 Å². The van der Waals surface area contributed by atoms with E-state index in [2.05, 4.69) is 35.9 Å². The van der Waals surface area contributed by atoms with Crippen LogP contribution in [0.1, 0.15) is 45.2 Å². The highest BCUT2D eigenvalue weighted by molar-refractivity contribution is 5.31. The van der Waals surface area contributed by atoms with E-state index >= 15 is 0 Å². The molecule has 1 fully saturated rings. The van der Waals surface area contributed by atoms with Crippen molar-refractivity contribution in [3.63, 3.8) is 0 Å². The van der Waals surface area contributed by atoms with Gasteiger partial charge in [0.25, 0.3) is 0 Å². The van der Waals surface area contributed by atoms with Gasteiger partial charge in [0.15, 0.2) is 5.75 Å². The van der Waals surface area contributed by atoms with Crippen molar-refractivity contribution in [1.82, 2.24) is 15.1 Å². The fourth-order valence-corrected chi connectivity index (χ4v) is 2.72. The van der Waals surface area contributed by atoms with Gasteiger partial charge in [-0.2, -0.15) is 5.10 Å². The fourth-order valence-electron chi connectivity index (χ4n) is 2.72. The van der Waals surface area contributed by atoms with Gasteiger partial charge in [0, 0.05) is 18.5 Å². The Hall–Kier alpha value is -1.03. The van der Waals surface area contributed by atoms with Gasteiger partial charge in [-0.15, -0.1) is 0 Å². The van der Waals surface area contributed by atoms with E-state index in [1.54, 1.807) is 7.11 Å². The summed E-state index contributed by atoms with van der Waals surface area (Å²) in [5.41, 5.74) is 1.29. The minimum atomic E-state index is 0.559. The summed E-state index contributed by atoms with van der Waals surface area (Å²) in [5.74, 6) is 2.29. The van der Waals surface area contributed by atoms with Crippen LogP contribution in [0.5, 0.6) is 5.75 Å². The van der Waals surface area contributed by atoms with E-state index in [1.807, 2.05) is 6.20 Å². The second-order valence-electron chi connectivity index (χ2n) is 5.42. The van der Waals surface area contributed by atoms with Gasteiger partial charge in [-0.3, -0.25) is 4.68 Å². The zero-order valence-electron chi connectivity index (χ0n) is 11.9. The number of aromatic nitrogens is 2. The van der Waals surface area contributed by atoms with Crippen LogP contribution < -0.4 is 10.1 Å². The van der Waals surface area contributed by atoms with Crippen LogP contribution >= 0.6 is 0 Å². The second-order valence-corrected chi connectivity index (χ2v) is 5.42. The number of hydrogen-bond acceptors (Lipinski definition) is 3. The average Bonchev–Trinajstić information content (AvgIpc) is 2.70. The molecule has 4 heteroatoms. The maximum absolute atomic E-state index is 5.45. The number of aryl methyl sites for hydroxylation is 1. The normalized spacial score (nSPS) is 23.2. The van der Waals surface area contributed by atoms with Gasteiger partial charge in [-0.25, -0.2) is 0 Å². The van der Waals surface area contributed by atoms with Crippen molar-refractivity contribution in [2.75, 3.05) is 13.7 Å². The van der Waals surface area contributed by atoms with Gasteiger partial charge in [0.05, 0.1) is 19.0 Å². The monoisotopic (exact) mass is 251 g/mol. The van der Waals surface area contributed by atoms with Gasteiger partial charge in [-0.05, 0) is 32.2 Å². The van der Waals surface area contributed by atoms with E-state index in [-0.39, 0.29) is 0 Å². The van der Waals surface area contributed by atoms with E-state index in [4.69, 9.17) is 4.74 Å². The molecule has 4 nitrogen and oxygen atoms in total. The third kappa shape index (κ3) is 2.53. The first kappa shape index (κ1) is 13.4. The Labute approximate surface area is 110 Å². The first-order valence-electron chi connectivity index (χ1n) is 7.00. The fraction of sp³-hybridized carbons (Fsp3) is 0.786. The van der Waals surface area contributed by atoms with Crippen LogP contribution in [0, 0.1) is 5.92 Å². The number of methoxy groups -OCH3 is 1. The zero-order valence-corrected chi connectivity index (χ0v) is 11.9. The van der Waals surface area contributed by atoms with Crippen molar-refractivity contribution in [1.29, 1.82) is 0 Å². The summed E-state index contributed by atoms with van der Waals surface area (Å²) in [6.07, 6.45) is 4.42. The summed E-state index contributed by atoms with van der Waals surface area (Å²) in [7, 11) is 1.74. The molecule has 0 radical (unpaired) electrons. The Bertz CT molecular complexity index is 365. The van der Waals surface area contributed by atoms with E-state index in [9.17, 15) is 0 Å². The Balaban J connectivity index is 2.08. The van der Waals surface area contributed by atoms with Crippen molar-refractivity contribution in [3.05, 3.63) is 11.9 Å². The first-order valence-corrected chi connectivity index (χ1v) is 7.00. The molecular formula is C14H25N3O. The summed E-state index contributed by atoms with van der Waals surface area (Å²) >= 11 is 0. The third-order valence-corrected chi connectivity index (χ3v) is 3.92. The minimum absolute atomic E-state index is 0.559. The molecule has 102 valence electrons. The van der Waals surface area contributed by atoms with E-state index in [1.165, 1.54) is 18.5 Å². The summed E-state index contributed by atoms with van der Waals surface area (Å²) in [5, 5.41) is 7.95. The van der Waals surface area contributed by atoms with Crippen molar-refractivity contribution < 1.29 is 4.74 Å². The molecule has 2 rings (SSSR count). The quantitative estimate of drug-likeness (QED) is 0.844. The van der Waals surface area contributed by atoms with Crippen LogP contribution in [-0.4, -0.2) is 29.5 Å². The van der Waals surface area contributed by atoms with E-state index in [0.29, 0.717) is 12.0 Å². The maximum atomic E-state index is 5.45. The number of ether oxygens (including phenoxy) is 1. The standard InChI is InChI=1S/C14H25N3O/c1-5-17-14(13(18-4)9-16-17)12-7-6-11(12)8-15-10(2)3/h9-12,15H,5-8H2,1-4H3. The lowest BCUT2D eigenvalue weighted by Gasteiger charge is -2.37. The predicted octanol–water partition coefficient (Wildman–Crippen LogP) is 2.40. The number of rotatable bonds is 6. The molecule has 0 amide bonds. The van der Waals surface area contributed by atoms with E-state index < -0.39 is 0 Å². The topological polar surface area (TPSA) is 39.1 Å². The van der Waals surface area contributed by atoms with E-state index in [0.717, 1.165) is 24.8 Å². The van der Waals surface area contributed by atoms with Crippen molar-refractivity contribution in [3.8, 4) is 5.75 Å². The molecule has 1 N–H and O–H groups in total. The summed E-state index contributed by atoms with van der Waals surface area (Å²) in [6, 6.07) is 0.559. The number of nitrogens with one attached hydrogen (secondary N) is 1. The summed E-state index contributed by atoms with van der Waals surface area (Å²) in [6.45, 7) is 8.55. The molecule has 0 bridgehead atoms. The molecular weight excluding hydrogens is 226 g/mol. The molecule has 0 aliphatic heterocycles. The Morgan fingerprint density at radius 1 is 1.50 bits per heavy atom. The molecule has 1 aromatic heterocycles. The van der Waals surface area contributed by atoms with Gasteiger partial charge in [0.2, 0.25) is 0 Å². The maximum Gasteiger partial charge on any atom is 0.160 e. The lowest BCUT2D eigenvalue weighted by Crippen LogP contribution is -2.37. The molecule has 1 aliphatic rings. The lowest BCUT2D eigenvalue weighted by atomic mass is 9.71. The zero-order chi connectivity index (χ0) is 13.1. The molecule has 2 atom stereocenters. The Kier molecular flexibility index (Phi) is 4.27. The highest BCUT2D eigenvalue weighted by Gasteiger charge is 2.36. The largest absolute Gasteiger partial charge is 0.493 e. The lowest BCUT2D eigenvalue weighted by molar-refractivity contribution is 0.224. The van der Waals surface area contributed by atoms with Crippen LogP contribution in [0.15, 0.2) is 6.20 Å². The molecule has 1 saturated carbocycles. The predicted molar refractivity (Wildman–Crippen MR) is 73.1 cm³/mol. The van der Waals surface area contributed by atoms with Crippen molar-refractivity contribution >= 4 is 0 Å². The summed E-state index contributed by atoms with van der Waals surface area (Å²) in [4.78, 5) is 0. The highest BCUT2D eigenvalue weighted by Crippen LogP contribution is 2.45. The molecule has 1 heterocycles. The third-order valence-electron chi connectivity index (χ3n) is 3.92. The average molecular weight is 251 g/mol. The van der Waals surface area contributed by atoms with Gasteiger partial charge in [-0.1, -0.05) is 13.8 Å². The van der Waals surface area contributed by atoms with Gasteiger partial charge in [0.1, 0.15) is 0 Å². The van der Waals surface area contributed by atoms with Gasteiger partial charge < -0.3 is 10.1 Å². The van der Waals surface area contributed by atoms with Crippen LogP contribution in [0.4, 0.5) is 0 Å². The molecule has 0 spiro atoms. The van der Waals surface area contributed by atoms with Crippen LogP contribution in [-0.2, 0) is 6.54 Å². The Morgan fingerprint density at radius 2 is 2.28 bits per heavy atom. The first-order chi connectivity index (χ1) is 8.67. The number of nitrogens with zero attached hydrogens (tertiary/aromatic N) is 2. The molecule has 0 aromatic carbocycles. The molecule has 2 unspecified atom stereocenters. The molecule has 0 saturated heterocycles.